The molecule has 176 valence electrons. The number of pyridine rings is 2. The molecule has 1 saturated heterocycles. The van der Waals surface area contributed by atoms with Crippen molar-refractivity contribution in [3.05, 3.63) is 88.6 Å². The third kappa shape index (κ3) is 5.13. The van der Waals surface area contributed by atoms with Crippen LogP contribution in [-0.4, -0.2) is 59.0 Å². The number of hydrogen-bond acceptors (Lipinski definition) is 5. The van der Waals surface area contributed by atoms with Crippen molar-refractivity contribution >= 4 is 11.0 Å². The van der Waals surface area contributed by atoms with Crippen molar-refractivity contribution in [3.63, 3.8) is 0 Å². The molecule has 1 aromatic carbocycles. The van der Waals surface area contributed by atoms with Gasteiger partial charge in [0.15, 0.2) is 0 Å². The summed E-state index contributed by atoms with van der Waals surface area (Å²) in [7, 11) is 0. The number of rotatable bonds is 8. The van der Waals surface area contributed by atoms with Gasteiger partial charge in [-0.2, -0.15) is 0 Å². The minimum Gasteiger partial charge on any atom is -0.456 e. The Labute approximate surface area is 200 Å². The molecule has 4 aromatic rings. The van der Waals surface area contributed by atoms with Gasteiger partial charge in [0, 0.05) is 79.3 Å². The predicted molar refractivity (Wildman–Crippen MR) is 136 cm³/mol. The van der Waals surface area contributed by atoms with Crippen LogP contribution in [0.25, 0.3) is 22.3 Å². The third-order valence-corrected chi connectivity index (χ3v) is 6.84. The van der Waals surface area contributed by atoms with E-state index in [0.29, 0.717) is 5.92 Å². The van der Waals surface area contributed by atoms with E-state index in [1.807, 2.05) is 30.5 Å². The summed E-state index contributed by atoms with van der Waals surface area (Å²) in [6.45, 7) is 8.83. The van der Waals surface area contributed by atoms with E-state index in [4.69, 9.17) is 4.42 Å². The van der Waals surface area contributed by atoms with Gasteiger partial charge in [-0.1, -0.05) is 31.2 Å². The highest BCUT2D eigenvalue weighted by atomic mass is 16.3. The molecule has 5 rings (SSSR count). The Morgan fingerprint density at radius 3 is 2.56 bits per heavy atom. The molecular weight excluding hydrogens is 424 g/mol. The van der Waals surface area contributed by atoms with Crippen LogP contribution in [-0.2, 0) is 6.42 Å². The van der Waals surface area contributed by atoms with Crippen molar-refractivity contribution in [2.45, 2.75) is 25.7 Å². The molecule has 1 N–H and O–H groups in total. The first-order valence-electron chi connectivity index (χ1n) is 12.2. The number of benzene rings is 1. The molecule has 1 aliphatic rings. The van der Waals surface area contributed by atoms with Crippen LogP contribution in [0.3, 0.4) is 0 Å². The lowest BCUT2D eigenvalue weighted by molar-refractivity contribution is 0.127. The second-order valence-corrected chi connectivity index (χ2v) is 9.25. The fourth-order valence-electron chi connectivity index (χ4n) is 4.96. The van der Waals surface area contributed by atoms with E-state index in [9.17, 15) is 4.79 Å². The van der Waals surface area contributed by atoms with Gasteiger partial charge >= 0.3 is 0 Å². The first-order valence-corrected chi connectivity index (χ1v) is 12.2. The zero-order valence-electron chi connectivity index (χ0n) is 19.7. The molecule has 0 bridgehead atoms. The topological polar surface area (TPSA) is 65.4 Å². The third-order valence-electron chi connectivity index (χ3n) is 6.84. The molecule has 0 amide bonds. The summed E-state index contributed by atoms with van der Waals surface area (Å²) in [6.07, 6.45) is 5.65. The largest absolute Gasteiger partial charge is 0.456 e. The fraction of sp³-hybridized carbons (Fsp3) is 0.357. The van der Waals surface area contributed by atoms with Crippen LogP contribution in [0.4, 0.5) is 0 Å². The van der Waals surface area contributed by atoms with Gasteiger partial charge in [0.1, 0.15) is 11.3 Å². The summed E-state index contributed by atoms with van der Waals surface area (Å²) in [4.78, 5) is 23.9. The molecule has 4 heterocycles. The van der Waals surface area contributed by atoms with E-state index in [2.05, 4.69) is 51.0 Å². The zero-order chi connectivity index (χ0) is 23.3. The molecule has 1 fully saturated rings. The molecule has 34 heavy (non-hydrogen) atoms. The Morgan fingerprint density at radius 1 is 1.00 bits per heavy atom. The maximum absolute atomic E-state index is 11.5. The van der Waals surface area contributed by atoms with Crippen LogP contribution < -0.4 is 5.56 Å². The average Bonchev–Trinajstić information content (AvgIpc) is 3.24. The zero-order valence-corrected chi connectivity index (χ0v) is 19.7. The molecule has 6 heteroatoms. The number of nitrogens with one attached hydrogen (secondary N) is 1. The van der Waals surface area contributed by atoms with Crippen LogP contribution in [0, 0.1) is 0 Å². The van der Waals surface area contributed by atoms with E-state index < -0.39 is 0 Å². The van der Waals surface area contributed by atoms with Gasteiger partial charge in [0.2, 0.25) is 5.56 Å². The Bertz CT molecular complexity index is 1250. The van der Waals surface area contributed by atoms with E-state index >= 15 is 0 Å². The van der Waals surface area contributed by atoms with Gasteiger partial charge in [-0.25, -0.2) is 0 Å². The van der Waals surface area contributed by atoms with Gasteiger partial charge in [-0.15, -0.1) is 0 Å². The minimum atomic E-state index is -0.102. The number of nitrogens with zero attached hydrogens (tertiary/aromatic N) is 3. The molecule has 0 unspecified atom stereocenters. The maximum atomic E-state index is 11.5. The number of aromatic amines is 1. The highest BCUT2D eigenvalue weighted by molar-refractivity contribution is 5.87. The number of aryl methyl sites for hydroxylation is 1. The number of aromatic nitrogens is 2. The van der Waals surface area contributed by atoms with Crippen molar-refractivity contribution in [2.24, 2.45) is 0 Å². The van der Waals surface area contributed by atoms with Crippen LogP contribution in [0.15, 0.2) is 76.2 Å². The molecule has 3 aromatic heterocycles. The molecule has 0 spiro atoms. The van der Waals surface area contributed by atoms with Crippen LogP contribution in [0.5, 0.6) is 0 Å². The summed E-state index contributed by atoms with van der Waals surface area (Å²) in [5, 5.41) is 1.16. The first-order chi connectivity index (χ1) is 16.7. The smallest absolute Gasteiger partial charge is 0.247 e. The van der Waals surface area contributed by atoms with Crippen molar-refractivity contribution < 1.29 is 4.42 Å². The fourth-order valence-corrected chi connectivity index (χ4v) is 4.96. The Kier molecular flexibility index (Phi) is 6.88. The second kappa shape index (κ2) is 10.4. The number of furan rings is 1. The number of para-hydroxylation sites is 1. The lowest BCUT2D eigenvalue weighted by Gasteiger charge is -2.35. The van der Waals surface area contributed by atoms with Crippen molar-refractivity contribution in [3.8, 4) is 11.3 Å². The standard InChI is InChI=1S/C28H32N4O2/c1-21(25-9-4-5-13-29-25)20-32-17-15-31(16-18-32)14-6-8-24-23-7-2-3-10-26(23)34-28(24)22-11-12-27(33)30-19-22/h2-5,7,9-13,19,21H,6,8,14-18,20H2,1H3,(H,30,33)/t21-/m1/s1. The van der Waals surface area contributed by atoms with E-state index in [-0.39, 0.29) is 5.56 Å². The van der Waals surface area contributed by atoms with E-state index in [1.54, 1.807) is 12.3 Å². The number of piperazine rings is 1. The molecule has 0 aliphatic carbocycles. The molecule has 0 saturated carbocycles. The normalized spacial score (nSPS) is 16.1. The van der Waals surface area contributed by atoms with Crippen LogP contribution in [0.1, 0.15) is 30.5 Å². The predicted octanol–water partition coefficient (Wildman–Crippen LogP) is 4.54. The van der Waals surface area contributed by atoms with Gasteiger partial charge in [0.05, 0.1) is 0 Å². The van der Waals surface area contributed by atoms with Gasteiger partial charge in [0.25, 0.3) is 0 Å². The van der Waals surface area contributed by atoms with E-state index in [1.165, 1.54) is 11.3 Å². The lowest BCUT2D eigenvalue weighted by Crippen LogP contribution is -2.47. The van der Waals surface area contributed by atoms with Gasteiger partial charge in [-0.05, 0) is 43.7 Å². The monoisotopic (exact) mass is 456 g/mol. The van der Waals surface area contributed by atoms with Crippen LogP contribution >= 0.6 is 0 Å². The molecule has 1 aliphatic heterocycles. The molecular formula is C28H32N4O2. The molecule has 0 radical (unpaired) electrons. The molecule has 1 atom stereocenters. The summed E-state index contributed by atoms with van der Waals surface area (Å²) in [6, 6.07) is 17.8. The van der Waals surface area contributed by atoms with Gasteiger partial charge in [-0.3, -0.25) is 9.78 Å². The Morgan fingerprint density at radius 2 is 1.79 bits per heavy atom. The Hall–Kier alpha value is -3.22. The van der Waals surface area contributed by atoms with Gasteiger partial charge < -0.3 is 19.2 Å². The first kappa shape index (κ1) is 22.6. The second-order valence-electron chi connectivity index (χ2n) is 9.25. The summed E-state index contributed by atoms with van der Waals surface area (Å²) >= 11 is 0. The summed E-state index contributed by atoms with van der Waals surface area (Å²) < 4.78 is 6.21. The number of hydrogen-bond donors (Lipinski definition) is 1. The summed E-state index contributed by atoms with van der Waals surface area (Å²) in [5.41, 5.74) is 4.12. The lowest BCUT2D eigenvalue weighted by atomic mass is 10.0. The van der Waals surface area contributed by atoms with E-state index in [0.717, 1.165) is 74.4 Å². The number of fused-ring (bicyclic) bond motifs is 1. The quantitative estimate of drug-likeness (QED) is 0.422. The number of H-pyrrole nitrogens is 1. The maximum Gasteiger partial charge on any atom is 0.247 e. The highest BCUT2D eigenvalue weighted by Crippen LogP contribution is 2.34. The summed E-state index contributed by atoms with van der Waals surface area (Å²) in [5.74, 6) is 1.32. The van der Waals surface area contributed by atoms with Crippen molar-refractivity contribution in [1.29, 1.82) is 0 Å². The minimum absolute atomic E-state index is 0.102. The van der Waals surface area contributed by atoms with Crippen molar-refractivity contribution in [2.75, 3.05) is 39.3 Å². The van der Waals surface area contributed by atoms with Crippen molar-refractivity contribution in [1.82, 2.24) is 19.8 Å². The van der Waals surface area contributed by atoms with Crippen LogP contribution in [0.2, 0.25) is 0 Å². The highest BCUT2D eigenvalue weighted by Gasteiger charge is 2.20. The molecule has 6 nitrogen and oxygen atoms in total. The Balaban J connectivity index is 1.17. The SMILES string of the molecule is C[C@H](CN1CCN(CCCc2c(-c3ccc(=O)[nH]c3)oc3ccccc23)CC1)c1ccccn1. The average molecular weight is 457 g/mol.